The van der Waals surface area contributed by atoms with Crippen molar-refractivity contribution in [3.05, 3.63) is 60.2 Å². The molecule has 0 aliphatic rings. The highest BCUT2D eigenvalue weighted by Gasteiger charge is 2.05. The van der Waals surface area contributed by atoms with Gasteiger partial charge in [0.2, 0.25) is 5.95 Å². The first kappa shape index (κ1) is 13.0. The zero-order valence-electron chi connectivity index (χ0n) is 10.2. The summed E-state index contributed by atoms with van der Waals surface area (Å²) in [5.74, 6) is -0.159. The number of amides is 1. The topological polar surface area (TPSA) is 51.2 Å². The summed E-state index contributed by atoms with van der Waals surface area (Å²) in [7, 11) is 0. The van der Waals surface area contributed by atoms with Crippen molar-refractivity contribution >= 4 is 5.91 Å². The molecule has 0 fully saturated rings. The zero-order chi connectivity index (χ0) is 13.5. The monoisotopic (exact) mass is 260 g/mol. The first-order valence-electron chi connectivity index (χ1n) is 5.83. The lowest BCUT2D eigenvalue weighted by molar-refractivity contribution is 0.0946. The summed E-state index contributed by atoms with van der Waals surface area (Å²) in [5, 5.41) is 2.66. The van der Waals surface area contributed by atoms with Crippen LogP contribution in [0.15, 0.2) is 48.7 Å². The van der Waals surface area contributed by atoms with E-state index in [1.165, 1.54) is 12.3 Å². The van der Waals surface area contributed by atoms with E-state index in [0.29, 0.717) is 18.7 Å². The van der Waals surface area contributed by atoms with Crippen LogP contribution in [0.3, 0.4) is 0 Å². The number of benzene rings is 1. The predicted molar refractivity (Wildman–Crippen MR) is 68.5 cm³/mol. The van der Waals surface area contributed by atoms with Gasteiger partial charge in [0.05, 0.1) is 12.1 Å². The van der Waals surface area contributed by atoms with Crippen LogP contribution in [-0.4, -0.2) is 24.0 Å². The number of hydrogen-bond acceptors (Lipinski definition) is 3. The fourth-order valence-electron chi connectivity index (χ4n) is 1.46. The lowest BCUT2D eigenvalue weighted by atomic mass is 10.3. The Balaban J connectivity index is 1.74. The van der Waals surface area contributed by atoms with Crippen LogP contribution >= 0.6 is 0 Å². The van der Waals surface area contributed by atoms with Crippen LogP contribution in [0.1, 0.15) is 10.4 Å². The van der Waals surface area contributed by atoms with Crippen molar-refractivity contribution < 1.29 is 13.9 Å². The Morgan fingerprint density at radius 3 is 2.68 bits per heavy atom. The van der Waals surface area contributed by atoms with E-state index in [2.05, 4.69) is 10.3 Å². The highest BCUT2D eigenvalue weighted by atomic mass is 19.1. The maximum atomic E-state index is 12.6. The standard InChI is InChI=1S/C14H13FN2O2/c15-13-7-6-11(10-17-13)14(18)16-8-9-19-12-4-2-1-3-5-12/h1-7,10H,8-9H2,(H,16,18). The number of para-hydroxylation sites is 1. The minimum absolute atomic E-state index is 0.302. The quantitative estimate of drug-likeness (QED) is 0.661. The fraction of sp³-hybridized carbons (Fsp3) is 0.143. The van der Waals surface area contributed by atoms with Crippen LogP contribution in [0.5, 0.6) is 5.75 Å². The zero-order valence-corrected chi connectivity index (χ0v) is 10.2. The molecule has 1 aromatic heterocycles. The van der Waals surface area contributed by atoms with E-state index in [1.807, 2.05) is 30.3 Å². The molecule has 19 heavy (non-hydrogen) atoms. The summed E-state index contributed by atoms with van der Waals surface area (Å²) >= 11 is 0. The maximum absolute atomic E-state index is 12.6. The number of rotatable bonds is 5. The van der Waals surface area contributed by atoms with Crippen LogP contribution < -0.4 is 10.1 Å². The number of nitrogens with one attached hydrogen (secondary N) is 1. The van der Waals surface area contributed by atoms with Gasteiger partial charge in [-0.25, -0.2) is 4.98 Å². The molecule has 1 heterocycles. The van der Waals surface area contributed by atoms with Crippen molar-refractivity contribution in [1.29, 1.82) is 0 Å². The molecule has 0 saturated carbocycles. The van der Waals surface area contributed by atoms with Gasteiger partial charge in [-0.3, -0.25) is 4.79 Å². The van der Waals surface area contributed by atoms with Crippen LogP contribution in [0.2, 0.25) is 0 Å². The van der Waals surface area contributed by atoms with Crippen molar-refractivity contribution in [2.75, 3.05) is 13.2 Å². The van der Waals surface area contributed by atoms with Gasteiger partial charge in [0, 0.05) is 6.20 Å². The molecule has 2 aromatic rings. The number of nitrogens with zero attached hydrogens (tertiary/aromatic N) is 1. The number of carbonyl (C=O) groups is 1. The number of ether oxygens (including phenoxy) is 1. The molecule has 0 aliphatic heterocycles. The van der Waals surface area contributed by atoms with Crippen LogP contribution in [0, 0.1) is 5.95 Å². The van der Waals surface area contributed by atoms with Crippen LogP contribution in [0.4, 0.5) is 4.39 Å². The third kappa shape index (κ3) is 4.06. The first-order valence-corrected chi connectivity index (χ1v) is 5.83. The number of pyridine rings is 1. The molecular weight excluding hydrogens is 247 g/mol. The highest BCUT2D eigenvalue weighted by Crippen LogP contribution is 2.07. The fourth-order valence-corrected chi connectivity index (χ4v) is 1.46. The van der Waals surface area contributed by atoms with Crippen molar-refractivity contribution in [1.82, 2.24) is 10.3 Å². The lowest BCUT2D eigenvalue weighted by Gasteiger charge is -2.07. The third-order valence-corrected chi connectivity index (χ3v) is 2.39. The molecule has 0 spiro atoms. The van der Waals surface area contributed by atoms with E-state index in [-0.39, 0.29) is 5.91 Å². The number of hydrogen-bond donors (Lipinski definition) is 1. The Labute approximate surface area is 110 Å². The van der Waals surface area contributed by atoms with Gasteiger partial charge in [0.15, 0.2) is 0 Å². The Morgan fingerprint density at radius 1 is 1.21 bits per heavy atom. The molecule has 5 heteroatoms. The second kappa shape index (κ2) is 6.49. The first-order chi connectivity index (χ1) is 9.25. The third-order valence-electron chi connectivity index (χ3n) is 2.39. The minimum Gasteiger partial charge on any atom is -0.492 e. The van der Waals surface area contributed by atoms with Crippen LogP contribution in [0.25, 0.3) is 0 Å². The van der Waals surface area contributed by atoms with E-state index >= 15 is 0 Å². The Kier molecular flexibility index (Phi) is 4.44. The summed E-state index contributed by atoms with van der Waals surface area (Å²) < 4.78 is 18.0. The molecule has 98 valence electrons. The summed E-state index contributed by atoms with van der Waals surface area (Å²) in [6.45, 7) is 0.732. The molecule has 0 radical (unpaired) electrons. The lowest BCUT2D eigenvalue weighted by Crippen LogP contribution is -2.28. The molecule has 1 aromatic carbocycles. The average Bonchev–Trinajstić information content (AvgIpc) is 2.45. The second-order valence-electron chi connectivity index (χ2n) is 3.79. The van der Waals surface area contributed by atoms with Gasteiger partial charge in [-0.1, -0.05) is 18.2 Å². The molecule has 2 rings (SSSR count). The molecule has 1 amide bonds. The number of aromatic nitrogens is 1. The molecule has 0 bridgehead atoms. The molecule has 0 atom stereocenters. The van der Waals surface area contributed by atoms with Crippen molar-refractivity contribution in [3.63, 3.8) is 0 Å². The molecule has 4 nitrogen and oxygen atoms in total. The normalized spacial score (nSPS) is 9.95. The van der Waals surface area contributed by atoms with Gasteiger partial charge >= 0.3 is 0 Å². The van der Waals surface area contributed by atoms with E-state index < -0.39 is 5.95 Å². The Hall–Kier alpha value is -2.43. The Bertz CT molecular complexity index is 529. The van der Waals surface area contributed by atoms with Gasteiger partial charge < -0.3 is 10.1 Å². The molecule has 1 N–H and O–H groups in total. The summed E-state index contributed by atoms with van der Waals surface area (Å²) in [6.07, 6.45) is 1.20. The summed E-state index contributed by atoms with van der Waals surface area (Å²) in [6, 6.07) is 11.9. The summed E-state index contributed by atoms with van der Waals surface area (Å²) in [4.78, 5) is 15.1. The van der Waals surface area contributed by atoms with Gasteiger partial charge in [0.25, 0.3) is 5.91 Å². The molecular formula is C14H13FN2O2. The average molecular weight is 260 g/mol. The Morgan fingerprint density at radius 2 is 2.00 bits per heavy atom. The van der Waals surface area contributed by atoms with E-state index in [4.69, 9.17) is 4.74 Å². The van der Waals surface area contributed by atoms with Gasteiger partial charge in [0.1, 0.15) is 12.4 Å². The smallest absolute Gasteiger partial charge is 0.252 e. The van der Waals surface area contributed by atoms with Crippen molar-refractivity contribution in [3.8, 4) is 5.75 Å². The van der Waals surface area contributed by atoms with E-state index in [1.54, 1.807) is 0 Å². The molecule has 0 unspecified atom stereocenters. The van der Waals surface area contributed by atoms with E-state index in [0.717, 1.165) is 11.8 Å². The predicted octanol–water partition coefficient (Wildman–Crippen LogP) is 2.03. The maximum Gasteiger partial charge on any atom is 0.252 e. The molecule has 0 saturated heterocycles. The molecule has 0 aliphatic carbocycles. The largest absolute Gasteiger partial charge is 0.492 e. The number of carbonyl (C=O) groups excluding carboxylic acids is 1. The number of halogens is 1. The second-order valence-corrected chi connectivity index (χ2v) is 3.79. The van der Waals surface area contributed by atoms with Gasteiger partial charge in [-0.2, -0.15) is 4.39 Å². The minimum atomic E-state index is -0.607. The van der Waals surface area contributed by atoms with Crippen molar-refractivity contribution in [2.24, 2.45) is 0 Å². The van der Waals surface area contributed by atoms with Gasteiger partial charge in [-0.05, 0) is 24.3 Å². The summed E-state index contributed by atoms with van der Waals surface area (Å²) in [5.41, 5.74) is 0.320. The van der Waals surface area contributed by atoms with Crippen molar-refractivity contribution in [2.45, 2.75) is 0 Å². The SMILES string of the molecule is O=C(NCCOc1ccccc1)c1ccc(F)nc1. The van der Waals surface area contributed by atoms with Gasteiger partial charge in [-0.15, -0.1) is 0 Å². The van der Waals surface area contributed by atoms with E-state index in [9.17, 15) is 9.18 Å². The van der Waals surface area contributed by atoms with Crippen LogP contribution in [-0.2, 0) is 0 Å². The highest BCUT2D eigenvalue weighted by molar-refractivity contribution is 5.93.